The second-order valence-electron chi connectivity index (χ2n) is 7.99. The average molecular weight is 450 g/mol. The summed E-state index contributed by atoms with van der Waals surface area (Å²) in [6, 6.07) is 5.45. The fraction of sp³-hybridized carbons (Fsp3) is 0.522. The molecule has 0 aliphatic heterocycles. The second kappa shape index (κ2) is 13.0. The Morgan fingerprint density at radius 1 is 1.29 bits per heavy atom. The van der Waals surface area contributed by atoms with E-state index < -0.39 is 6.09 Å². The number of carbonyl (C=O) groups is 2. The highest BCUT2D eigenvalue weighted by atomic mass is 35.5. The molecule has 1 fully saturated rings. The zero-order valence-electron chi connectivity index (χ0n) is 18.4. The Labute approximate surface area is 189 Å². The van der Waals surface area contributed by atoms with Crippen LogP contribution in [-0.4, -0.2) is 30.9 Å². The number of nitrogens with zero attached hydrogens (tertiary/aromatic N) is 1. The summed E-state index contributed by atoms with van der Waals surface area (Å²) in [6.45, 7) is 6.98. The van der Waals surface area contributed by atoms with Gasteiger partial charge in [-0.2, -0.15) is 5.10 Å². The highest BCUT2D eigenvalue weighted by Crippen LogP contribution is 2.25. The van der Waals surface area contributed by atoms with E-state index in [0.717, 1.165) is 30.4 Å². The van der Waals surface area contributed by atoms with Gasteiger partial charge in [0.1, 0.15) is 18.1 Å². The fourth-order valence-corrected chi connectivity index (χ4v) is 3.38. The van der Waals surface area contributed by atoms with Crippen LogP contribution in [0.3, 0.4) is 0 Å². The summed E-state index contributed by atoms with van der Waals surface area (Å²) in [5.74, 6) is 1.56. The summed E-state index contributed by atoms with van der Waals surface area (Å²) in [7, 11) is 0. The summed E-state index contributed by atoms with van der Waals surface area (Å²) in [5, 5.41) is 7.52. The Balaban J connectivity index is 1.92. The van der Waals surface area contributed by atoms with Gasteiger partial charge in [-0.25, -0.2) is 4.79 Å². The average Bonchev–Trinajstić information content (AvgIpc) is 2.73. The molecular formula is C23H32ClN3O4. The summed E-state index contributed by atoms with van der Waals surface area (Å²) >= 11 is 6.13. The molecule has 0 unspecified atom stereocenters. The Morgan fingerprint density at radius 2 is 2.03 bits per heavy atom. The smallest absolute Gasteiger partial charge is 0.413 e. The van der Waals surface area contributed by atoms with Gasteiger partial charge in [-0.05, 0) is 62.8 Å². The number of nitrogens with one attached hydrogen (secondary N) is 2. The highest BCUT2D eigenvalue weighted by molar-refractivity contribution is 6.30. The predicted molar refractivity (Wildman–Crippen MR) is 122 cm³/mol. The van der Waals surface area contributed by atoms with E-state index in [0.29, 0.717) is 42.8 Å². The van der Waals surface area contributed by atoms with E-state index in [-0.39, 0.29) is 12.0 Å². The topological polar surface area (TPSA) is 89.0 Å². The van der Waals surface area contributed by atoms with Crippen molar-refractivity contribution in [1.82, 2.24) is 10.7 Å². The van der Waals surface area contributed by atoms with E-state index >= 15 is 0 Å². The van der Waals surface area contributed by atoms with E-state index in [9.17, 15) is 9.59 Å². The maximum atomic E-state index is 12.2. The van der Waals surface area contributed by atoms with Crippen LogP contribution in [0, 0.1) is 11.8 Å². The normalized spacial score (nSPS) is 19.3. The number of allylic oxidation sites excluding steroid dienone is 1. The third-order valence-electron chi connectivity index (χ3n) is 4.80. The van der Waals surface area contributed by atoms with Crippen molar-refractivity contribution in [2.75, 3.05) is 6.61 Å². The van der Waals surface area contributed by atoms with Gasteiger partial charge in [0.15, 0.2) is 5.84 Å². The Morgan fingerprint density at radius 3 is 2.68 bits per heavy atom. The van der Waals surface area contributed by atoms with Gasteiger partial charge in [0, 0.05) is 16.5 Å². The van der Waals surface area contributed by atoms with Crippen LogP contribution in [0.2, 0.25) is 5.02 Å². The monoisotopic (exact) mass is 449 g/mol. The minimum Gasteiger partial charge on any atom is -0.493 e. The maximum absolute atomic E-state index is 12.2. The summed E-state index contributed by atoms with van der Waals surface area (Å²) in [6.07, 6.45) is 6.58. The third-order valence-corrected chi connectivity index (χ3v) is 5.04. The highest BCUT2D eigenvalue weighted by Gasteiger charge is 2.23. The number of amides is 1. The van der Waals surface area contributed by atoms with Crippen molar-refractivity contribution in [2.45, 2.75) is 59.1 Å². The lowest BCUT2D eigenvalue weighted by Gasteiger charge is -2.25. The summed E-state index contributed by atoms with van der Waals surface area (Å²) < 4.78 is 11.3. The minimum absolute atomic E-state index is 0.0770. The van der Waals surface area contributed by atoms with Crippen LogP contribution >= 0.6 is 11.6 Å². The molecule has 1 aromatic carbocycles. The number of carbonyl (C=O) groups excluding carboxylic acids is 2. The first kappa shape index (κ1) is 24.7. The minimum atomic E-state index is -0.558. The van der Waals surface area contributed by atoms with Crippen LogP contribution in [0.4, 0.5) is 4.79 Å². The van der Waals surface area contributed by atoms with Gasteiger partial charge in [0.25, 0.3) is 0 Å². The molecule has 170 valence electrons. The predicted octanol–water partition coefficient (Wildman–Crippen LogP) is 4.84. The van der Waals surface area contributed by atoms with Crippen molar-refractivity contribution in [1.29, 1.82) is 0 Å². The molecule has 8 heteroatoms. The van der Waals surface area contributed by atoms with Crippen molar-refractivity contribution in [2.24, 2.45) is 16.9 Å². The fourth-order valence-electron chi connectivity index (χ4n) is 3.19. The number of hydrogen-bond donors (Lipinski definition) is 2. The lowest BCUT2D eigenvalue weighted by Crippen LogP contribution is -2.35. The molecule has 2 rings (SSSR count). The van der Waals surface area contributed by atoms with E-state index in [1.807, 2.05) is 19.1 Å². The molecule has 1 amide bonds. The molecule has 0 atom stereocenters. The molecular weight excluding hydrogens is 418 g/mol. The van der Waals surface area contributed by atoms with Gasteiger partial charge in [0.2, 0.25) is 0 Å². The number of halogens is 1. The van der Waals surface area contributed by atoms with Crippen LogP contribution in [0.5, 0.6) is 5.75 Å². The van der Waals surface area contributed by atoms with Crippen molar-refractivity contribution in [3.63, 3.8) is 0 Å². The number of alkyl carbamates (subject to hydrolysis) is 1. The van der Waals surface area contributed by atoms with Crippen LogP contribution in [0.15, 0.2) is 35.5 Å². The first-order chi connectivity index (χ1) is 14.9. The van der Waals surface area contributed by atoms with E-state index in [1.165, 1.54) is 0 Å². The summed E-state index contributed by atoms with van der Waals surface area (Å²) in [5.41, 5.74) is 3.82. The number of hydrazone groups is 1. The van der Waals surface area contributed by atoms with Gasteiger partial charge in [-0.15, -0.1) is 0 Å². The maximum Gasteiger partial charge on any atom is 0.413 e. The van der Waals surface area contributed by atoms with Gasteiger partial charge in [-0.1, -0.05) is 31.5 Å². The molecule has 1 aromatic rings. The lowest BCUT2D eigenvalue weighted by molar-refractivity contribution is -0.112. The largest absolute Gasteiger partial charge is 0.493 e. The Hall–Kier alpha value is -2.54. The van der Waals surface area contributed by atoms with Crippen molar-refractivity contribution < 1.29 is 19.1 Å². The Bertz CT molecular complexity index is 787. The molecule has 0 bridgehead atoms. The molecule has 0 heterocycles. The zero-order chi connectivity index (χ0) is 22.6. The first-order valence-electron chi connectivity index (χ1n) is 10.7. The molecule has 1 aliphatic carbocycles. The zero-order valence-corrected chi connectivity index (χ0v) is 19.2. The van der Waals surface area contributed by atoms with E-state index in [4.69, 9.17) is 21.1 Å². The molecule has 1 saturated carbocycles. The number of ether oxygens (including phenoxy) is 2. The van der Waals surface area contributed by atoms with Crippen LogP contribution in [-0.2, 0) is 16.1 Å². The van der Waals surface area contributed by atoms with Gasteiger partial charge >= 0.3 is 6.09 Å². The number of amidine groups is 1. The SMILES string of the molecule is C/C=C/C(=N\NCc1cc(Cl)ccc1OCC(C)C)NC(=O)OC1CCC(C=O)CC1. The molecule has 31 heavy (non-hydrogen) atoms. The number of hydrogen-bond acceptors (Lipinski definition) is 6. The van der Waals surface area contributed by atoms with Gasteiger partial charge in [-0.3, -0.25) is 5.32 Å². The molecule has 0 aromatic heterocycles. The van der Waals surface area contributed by atoms with Crippen molar-refractivity contribution in [3.8, 4) is 5.75 Å². The van der Waals surface area contributed by atoms with E-state index in [1.54, 1.807) is 18.2 Å². The molecule has 7 nitrogen and oxygen atoms in total. The van der Waals surface area contributed by atoms with Crippen LogP contribution < -0.4 is 15.5 Å². The standard InChI is InChI=1S/C23H32ClN3O4/c1-4-5-22(26-23(29)31-20-9-6-17(14-28)7-10-20)27-25-13-18-12-19(24)8-11-21(18)30-15-16(2)3/h4-5,8,11-12,14,16-17,20,25H,6-7,9-10,13,15H2,1-3H3,(H,26,27,29)/b5-4+. The third kappa shape index (κ3) is 9.00. The molecule has 2 N–H and O–H groups in total. The molecule has 0 spiro atoms. The molecule has 0 saturated heterocycles. The molecule has 0 radical (unpaired) electrons. The number of aldehydes is 1. The van der Waals surface area contributed by atoms with E-state index in [2.05, 4.69) is 29.7 Å². The first-order valence-corrected chi connectivity index (χ1v) is 11.1. The van der Waals surface area contributed by atoms with Crippen LogP contribution in [0.25, 0.3) is 0 Å². The van der Waals surface area contributed by atoms with Crippen molar-refractivity contribution in [3.05, 3.63) is 40.9 Å². The van der Waals surface area contributed by atoms with Gasteiger partial charge < -0.3 is 19.7 Å². The quantitative estimate of drug-likeness (QED) is 0.244. The lowest BCUT2D eigenvalue weighted by atomic mass is 9.88. The Kier molecular flexibility index (Phi) is 10.4. The number of benzene rings is 1. The number of rotatable bonds is 9. The van der Waals surface area contributed by atoms with Crippen molar-refractivity contribution >= 4 is 29.8 Å². The van der Waals surface area contributed by atoms with Crippen LogP contribution in [0.1, 0.15) is 52.0 Å². The second-order valence-corrected chi connectivity index (χ2v) is 8.43. The van der Waals surface area contributed by atoms with Gasteiger partial charge in [0.05, 0.1) is 13.2 Å². The summed E-state index contributed by atoms with van der Waals surface area (Å²) in [4.78, 5) is 23.1. The molecule has 1 aliphatic rings.